The van der Waals surface area contributed by atoms with Gasteiger partial charge >= 0.3 is 0 Å². The third-order valence-electron chi connectivity index (χ3n) is 5.41. The van der Waals surface area contributed by atoms with Gasteiger partial charge in [-0.2, -0.15) is 0 Å². The van der Waals surface area contributed by atoms with Gasteiger partial charge in [-0.1, -0.05) is 0 Å². The Morgan fingerprint density at radius 3 is 2.28 bits per heavy atom. The fraction of sp³-hybridized carbons (Fsp3) is 0.381. The Kier molecular flexibility index (Phi) is 5.51. The summed E-state index contributed by atoms with van der Waals surface area (Å²) in [6.07, 6.45) is -6.54. The van der Waals surface area contributed by atoms with Crippen LogP contribution in [0.2, 0.25) is 0 Å². The van der Waals surface area contributed by atoms with E-state index in [-0.39, 0.29) is 39.2 Å². The normalized spacial score (nSPS) is 25.8. The molecule has 172 valence electrons. The van der Waals surface area contributed by atoms with Crippen molar-refractivity contribution in [1.29, 1.82) is 0 Å². The van der Waals surface area contributed by atoms with E-state index in [1.807, 2.05) is 0 Å². The molecule has 32 heavy (non-hydrogen) atoms. The van der Waals surface area contributed by atoms with Gasteiger partial charge in [0.05, 0.1) is 25.7 Å². The second kappa shape index (κ2) is 8.02. The molecule has 0 spiro atoms. The molecule has 1 aliphatic rings. The van der Waals surface area contributed by atoms with E-state index >= 15 is 0 Å². The zero-order valence-electron chi connectivity index (χ0n) is 17.3. The van der Waals surface area contributed by atoms with Crippen molar-refractivity contribution in [2.24, 2.45) is 0 Å². The summed E-state index contributed by atoms with van der Waals surface area (Å²) in [7, 11) is 2.56. The molecular formula is C21H22O11. The molecule has 1 aliphatic heterocycles. The lowest BCUT2D eigenvalue weighted by Gasteiger charge is -2.39. The number of aliphatic hydroxyl groups excluding tert-OH is 3. The summed E-state index contributed by atoms with van der Waals surface area (Å²) in [5.74, 6) is -1.17. The summed E-state index contributed by atoms with van der Waals surface area (Å²) in [5, 5.41) is 50.3. The minimum Gasteiger partial charge on any atom is -0.504 e. The van der Waals surface area contributed by atoms with Crippen LogP contribution in [0.3, 0.4) is 0 Å². The molecule has 0 amide bonds. The number of aromatic hydroxyl groups is 2. The Morgan fingerprint density at radius 1 is 0.906 bits per heavy atom. The summed E-state index contributed by atoms with van der Waals surface area (Å²) in [5.41, 5.74) is -0.681. The lowest BCUT2D eigenvalue weighted by molar-refractivity contribution is -0.268. The van der Waals surface area contributed by atoms with Gasteiger partial charge in [0.2, 0.25) is 17.5 Å². The molecule has 1 saturated heterocycles. The second-order valence-electron chi connectivity index (χ2n) is 7.38. The third kappa shape index (κ3) is 3.35. The number of phenols is 2. The molecule has 0 unspecified atom stereocenters. The number of hydrogen-bond acceptors (Lipinski definition) is 11. The minimum atomic E-state index is -1.56. The molecule has 0 saturated carbocycles. The van der Waals surface area contributed by atoms with Gasteiger partial charge in [-0.25, -0.2) is 0 Å². The van der Waals surface area contributed by atoms with E-state index in [9.17, 15) is 30.3 Å². The SMILES string of the molecule is COc1cc2c(=O)c3c(O)c(OC)c(O)cc3oc2cc1O[C@@H]1O[C@@H](C)[C@H](O)[C@@H](O)[C@H]1O. The van der Waals surface area contributed by atoms with Crippen LogP contribution in [0.15, 0.2) is 27.4 Å². The standard InChI is InChI=1S/C21H22O11/c1-7-15(23)18(26)19(27)21(30-7)32-12-6-10-8(4-11(12)28-2)16(24)14-13(31-10)5-9(22)20(29-3)17(14)25/h4-7,15,18-19,21-23,25-27H,1-3H3/t7-,15-,18+,19+,21-/m0/s1. The van der Waals surface area contributed by atoms with Gasteiger partial charge < -0.3 is 48.9 Å². The number of hydrogen-bond donors (Lipinski definition) is 5. The van der Waals surface area contributed by atoms with Crippen molar-refractivity contribution in [3.05, 3.63) is 28.4 Å². The van der Waals surface area contributed by atoms with Crippen molar-refractivity contribution < 1.29 is 48.9 Å². The van der Waals surface area contributed by atoms with Gasteiger partial charge in [-0.05, 0) is 13.0 Å². The van der Waals surface area contributed by atoms with E-state index < -0.39 is 47.6 Å². The van der Waals surface area contributed by atoms with Gasteiger partial charge in [-0.15, -0.1) is 0 Å². The highest BCUT2D eigenvalue weighted by molar-refractivity contribution is 5.96. The molecule has 2 aromatic carbocycles. The number of methoxy groups -OCH3 is 2. The Bertz CT molecular complexity index is 1230. The van der Waals surface area contributed by atoms with Crippen LogP contribution in [0.4, 0.5) is 0 Å². The van der Waals surface area contributed by atoms with Gasteiger partial charge in [0, 0.05) is 12.1 Å². The predicted molar refractivity (Wildman–Crippen MR) is 109 cm³/mol. The largest absolute Gasteiger partial charge is 0.504 e. The molecule has 11 nitrogen and oxygen atoms in total. The number of aliphatic hydroxyl groups is 3. The lowest BCUT2D eigenvalue weighted by atomic mass is 10.00. The predicted octanol–water partition coefficient (Wildman–Crippen LogP) is 0.581. The molecular weight excluding hydrogens is 428 g/mol. The van der Waals surface area contributed by atoms with E-state index in [1.54, 1.807) is 0 Å². The van der Waals surface area contributed by atoms with Crippen molar-refractivity contribution in [3.8, 4) is 28.7 Å². The molecule has 4 rings (SSSR count). The highest BCUT2D eigenvalue weighted by atomic mass is 16.7. The van der Waals surface area contributed by atoms with E-state index in [0.29, 0.717) is 0 Å². The van der Waals surface area contributed by atoms with Crippen LogP contribution in [0.5, 0.6) is 28.7 Å². The number of phenolic OH excluding ortho intramolecular Hbond substituents is 2. The molecule has 5 atom stereocenters. The Balaban J connectivity index is 1.85. The van der Waals surface area contributed by atoms with Crippen molar-refractivity contribution >= 4 is 21.9 Å². The van der Waals surface area contributed by atoms with Crippen LogP contribution in [0.1, 0.15) is 6.92 Å². The van der Waals surface area contributed by atoms with Crippen LogP contribution < -0.4 is 19.6 Å². The average molecular weight is 450 g/mol. The van der Waals surface area contributed by atoms with Crippen molar-refractivity contribution in [2.75, 3.05) is 14.2 Å². The molecule has 1 aromatic heterocycles. The molecule has 0 bridgehead atoms. The highest BCUT2D eigenvalue weighted by Crippen LogP contribution is 2.42. The molecule has 2 heterocycles. The van der Waals surface area contributed by atoms with Crippen LogP contribution in [-0.2, 0) is 4.74 Å². The van der Waals surface area contributed by atoms with Gasteiger partial charge in [0.1, 0.15) is 34.9 Å². The number of rotatable bonds is 4. The Labute approximate surface area is 180 Å². The van der Waals surface area contributed by atoms with E-state index in [1.165, 1.54) is 33.3 Å². The summed E-state index contributed by atoms with van der Waals surface area (Å²) in [6.45, 7) is 1.51. The quantitative estimate of drug-likeness (QED) is 0.353. The third-order valence-corrected chi connectivity index (χ3v) is 5.41. The van der Waals surface area contributed by atoms with Gasteiger partial charge in [0.15, 0.2) is 23.0 Å². The molecule has 1 fully saturated rings. The fourth-order valence-electron chi connectivity index (χ4n) is 3.66. The second-order valence-corrected chi connectivity index (χ2v) is 7.38. The molecule has 0 radical (unpaired) electrons. The molecule has 11 heteroatoms. The van der Waals surface area contributed by atoms with Crippen molar-refractivity contribution in [3.63, 3.8) is 0 Å². The molecule has 0 aliphatic carbocycles. The number of ether oxygens (including phenoxy) is 4. The van der Waals surface area contributed by atoms with Crippen LogP contribution >= 0.6 is 0 Å². The zero-order chi connectivity index (χ0) is 23.3. The van der Waals surface area contributed by atoms with Gasteiger partial charge in [-0.3, -0.25) is 4.79 Å². The Hall–Kier alpha value is -3.25. The summed E-state index contributed by atoms with van der Waals surface area (Å²) in [4.78, 5) is 13.1. The molecule has 5 N–H and O–H groups in total. The minimum absolute atomic E-state index is 0.0179. The zero-order valence-corrected chi connectivity index (χ0v) is 17.3. The lowest BCUT2D eigenvalue weighted by Crippen LogP contribution is -2.58. The van der Waals surface area contributed by atoms with Crippen molar-refractivity contribution in [2.45, 2.75) is 37.6 Å². The fourth-order valence-corrected chi connectivity index (χ4v) is 3.66. The smallest absolute Gasteiger partial charge is 0.229 e. The summed E-state index contributed by atoms with van der Waals surface area (Å²) < 4.78 is 27.0. The maximum Gasteiger partial charge on any atom is 0.229 e. The molecule has 3 aromatic rings. The maximum atomic E-state index is 13.1. The average Bonchev–Trinajstić information content (AvgIpc) is 2.75. The first kappa shape index (κ1) is 22.0. The number of benzene rings is 2. The van der Waals surface area contributed by atoms with Gasteiger partial charge in [0.25, 0.3) is 0 Å². The summed E-state index contributed by atoms with van der Waals surface area (Å²) >= 11 is 0. The van der Waals surface area contributed by atoms with E-state index in [2.05, 4.69) is 0 Å². The first-order chi connectivity index (χ1) is 15.2. The van der Waals surface area contributed by atoms with Crippen LogP contribution in [-0.4, -0.2) is 70.5 Å². The Morgan fingerprint density at radius 2 is 1.62 bits per heavy atom. The topological polar surface area (TPSA) is 168 Å². The van der Waals surface area contributed by atoms with E-state index in [4.69, 9.17) is 23.4 Å². The van der Waals surface area contributed by atoms with E-state index in [0.717, 1.165) is 6.07 Å². The summed E-state index contributed by atoms with van der Waals surface area (Å²) in [6, 6.07) is 3.76. The highest BCUT2D eigenvalue weighted by Gasteiger charge is 2.43. The maximum absolute atomic E-state index is 13.1. The number of fused-ring (bicyclic) bond motifs is 2. The van der Waals surface area contributed by atoms with Crippen molar-refractivity contribution in [1.82, 2.24) is 0 Å². The van der Waals surface area contributed by atoms with Crippen LogP contribution in [0.25, 0.3) is 21.9 Å². The van der Waals surface area contributed by atoms with Crippen LogP contribution in [0, 0.1) is 0 Å². The first-order valence-corrected chi connectivity index (χ1v) is 9.61. The first-order valence-electron chi connectivity index (χ1n) is 9.61. The monoisotopic (exact) mass is 450 g/mol.